The topological polar surface area (TPSA) is 52.0 Å². The lowest BCUT2D eigenvalue weighted by molar-refractivity contribution is 0.413. The molecule has 0 aliphatic heterocycles. The van der Waals surface area contributed by atoms with Gasteiger partial charge in [0.1, 0.15) is 5.76 Å². The van der Waals surface area contributed by atoms with Gasteiger partial charge in [-0.2, -0.15) is 0 Å². The van der Waals surface area contributed by atoms with E-state index in [2.05, 4.69) is 11.9 Å². The molecule has 1 aromatic rings. The van der Waals surface area contributed by atoms with Crippen molar-refractivity contribution in [3.05, 3.63) is 17.8 Å². The van der Waals surface area contributed by atoms with Crippen LogP contribution < -0.4 is 5.73 Å². The van der Waals surface area contributed by atoms with Gasteiger partial charge in [0.15, 0.2) is 5.89 Å². The molecule has 0 saturated heterocycles. The minimum atomic E-state index is 0.550. The van der Waals surface area contributed by atoms with Crippen LogP contribution in [0.4, 0.5) is 0 Å². The second-order valence-electron chi connectivity index (χ2n) is 4.17. The predicted molar refractivity (Wildman–Crippen MR) is 55.0 cm³/mol. The first-order valence-corrected chi connectivity index (χ1v) is 5.46. The number of oxazole rings is 1. The molecule has 1 aromatic heterocycles. The zero-order valence-corrected chi connectivity index (χ0v) is 8.70. The monoisotopic (exact) mass is 194 g/mol. The van der Waals surface area contributed by atoms with Crippen molar-refractivity contribution in [2.75, 3.05) is 6.54 Å². The normalized spacial score (nSPS) is 18.4. The maximum Gasteiger partial charge on any atom is 0.194 e. The standard InChI is InChI=1S/C11H18N2O/c1-8(9-4-5-9)10-7-13-11(14-10)3-2-6-12/h7-9H,2-6,12H2,1H3. The summed E-state index contributed by atoms with van der Waals surface area (Å²) in [6.45, 7) is 2.93. The van der Waals surface area contributed by atoms with Crippen LogP contribution in [0.15, 0.2) is 10.6 Å². The van der Waals surface area contributed by atoms with E-state index < -0.39 is 0 Å². The molecule has 78 valence electrons. The zero-order chi connectivity index (χ0) is 9.97. The van der Waals surface area contributed by atoms with Crippen molar-refractivity contribution < 1.29 is 4.42 Å². The van der Waals surface area contributed by atoms with E-state index in [0.29, 0.717) is 12.5 Å². The van der Waals surface area contributed by atoms with Crippen LogP contribution in [0.3, 0.4) is 0 Å². The van der Waals surface area contributed by atoms with Crippen molar-refractivity contribution in [2.45, 2.75) is 38.5 Å². The Morgan fingerprint density at radius 3 is 3.07 bits per heavy atom. The van der Waals surface area contributed by atoms with Gasteiger partial charge in [0.2, 0.25) is 0 Å². The Balaban J connectivity index is 1.94. The highest BCUT2D eigenvalue weighted by atomic mass is 16.4. The molecule has 1 fully saturated rings. The molecule has 3 heteroatoms. The number of rotatable bonds is 5. The second-order valence-corrected chi connectivity index (χ2v) is 4.17. The van der Waals surface area contributed by atoms with Crippen molar-refractivity contribution in [1.82, 2.24) is 4.98 Å². The molecule has 1 aliphatic carbocycles. The van der Waals surface area contributed by atoms with E-state index in [4.69, 9.17) is 10.2 Å². The lowest BCUT2D eigenvalue weighted by Gasteiger charge is -2.03. The number of aryl methyl sites for hydroxylation is 1. The highest BCUT2D eigenvalue weighted by Crippen LogP contribution is 2.42. The van der Waals surface area contributed by atoms with E-state index >= 15 is 0 Å². The van der Waals surface area contributed by atoms with Gasteiger partial charge in [-0.05, 0) is 31.7 Å². The first-order valence-electron chi connectivity index (χ1n) is 5.46. The zero-order valence-electron chi connectivity index (χ0n) is 8.70. The van der Waals surface area contributed by atoms with Gasteiger partial charge in [0, 0.05) is 12.3 Å². The summed E-state index contributed by atoms with van der Waals surface area (Å²) < 4.78 is 5.68. The van der Waals surface area contributed by atoms with E-state index in [9.17, 15) is 0 Å². The maximum absolute atomic E-state index is 5.68. The number of hydrogen-bond acceptors (Lipinski definition) is 3. The fraction of sp³-hybridized carbons (Fsp3) is 0.727. The van der Waals surface area contributed by atoms with Gasteiger partial charge >= 0.3 is 0 Å². The van der Waals surface area contributed by atoms with Crippen molar-refractivity contribution in [3.63, 3.8) is 0 Å². The third kappa shape index (κ3) is 2.15. The minimum Gasteiger partial charge on any atom is -0.445 e. The van der Waals surface area contributed by atoms with Gasteiger partial charge in [0.05, 0.1) is 6.20 Å². The van der Waals surface area contributed by atoms with E-state index in [0.717, 1.165) is 30.4 Å². The number of nitrogens with zero attached hydrogens (tertiary/aromatic N) is 1. The lowest BCUT2D eigenvalue weighted by Crippen LogP contribution is -2.00. The van der Waals surface area contributed by atoms with Crippen molar-refractivity contribution in [3.8, 4) is 0 Å². The third-order valence-corrected chi connectivity index (χ3v) is 2.94. The van der Waals surface area contributed by atoms with Gasteiger partial charge < -0.3 is 10.2 Å². The van der Waals surface area contributed by atoms with E-state index in [-0.39, 0.29) is 0 Å². The summed E-state index contributed by atoms with van der Waals surface area (Å²) in [6, 6.07) is 0. The summed E-state index contributed by atoms with van der Waals surface area (Å²) in [5.74, 6) is 3.29. The Hall–Kier alpha value is -0.830. The molecule has 3 nitrogen and oxygen atoms in total. The molecule has 14 heavy (non-hydrogen) atoms. The summed E-state index contributed by atoms with van der Waals surface area (Å²) in [5.41, 5.74) is 5.43. The summed E-state index contributed by atoms with van der Waals surface area (Å²) in [6.07, 6.45) is 6.40. The van der Waals surface area contributed by atoms with Gasteiger partial charge in [-0.1, -0.05) is 6.92 Å². The number of nitrogens with two attached hydrogens (primary N) is 1. The highest BCUT2D eigenvalue weighted by Gasteiger charge is 2.31. The van der Waals surface area contributed by atoms with Crippen LogP contribution in [-0.4, -0.2) is 11.5 Å². The largest absolute Gasteiger partial charge is 0.445 e. The number of hydrogen-bond donors (Lipinski definition) is 1. The van der Waals surface area contributed by atoms with Gasteiger partial charge in [-0.15, -0.1) is 0 Å². The van der Waals surface area contributed by atoms with Crippen LogP contribution in [0, 0.1) is 5.92 Å². The van der Waals surface area contributed by atoms with E-state index in [1.54, 1.807) is 0 Å². The summed E-state index contributed by atoms with van der Waals surface area (Å²) in [7, 11) is 0. The Kier molecular flexibility index (Phi) is 2.87. The van der Waals surface area contributed by atoms with Crippen LogP contribution in [0.25, 0.3) is 0 Å². The average molecular weight is 194 g/mol. The van der Waals surface area contributed by atoms with Crippen LogP contribution in [0.5, 0.6) is 0 Å². The average Bonchev–Trinajstić information content (AvgIpc) is 2.94. The maximum atomic E-state index is 5.68. The molecule has 1 atom stereocenters. The summed E-state index contributed by atoms with van der Waals surface area (Å²) in [5, 5.41) is 0. The highest BCUT2D eigenvalue weighted by molar-refractivity contribution is 5.05. The summed E-state index contributed by atoms with van der Waals surface area (Å²) >= 11 is 0. The number of aromatic nitrogens is 1. The third-order valence-electron chi connectivity index (χ3n) is 2.94. The Labute approximate surface area is 84.7 Å². The molecule has 1 unspecified atom stereocenters. The van der Waals surface area contributed by atoms with E-state index in [1.807, 2.05) is 6.20 Å². The van der Waals surface area contributed by atoms with Crippen LogP contribution in [-0.2, 0) is 6.42 Å². The fourth-order valence-electron chi connectivity index (χ4n) is 1.73. The summed E-state index contributed by atoms with van der Waals surface area (Å²) in [4.78, 5) is 4.26. The SMILES string of the molecule is CC(c1cnc(CCCN)o1)C1CC1. The Bertz CT molecular complexity index is 291. The lowest BCUT2D eigenvalue weighted by atomic mass is 10.0. The minimum absolute atomic E-state index is 0.550. The van der Waals surface area contributed by atoms with Crippen molar-refractivity contribution in [1.29, 1.82) is 0 Å². The van der Waals surface area contributed by atoms with Crippen molar-refractivity contribution in [2.24, 2.45) is 11.7 Å². The molecule has 1 heterocycles. The van der Waals surface area contributed by atoms with Crippen LogP contribution >= 0.6 is 0 Å². The van der Waals surface area contributed by atoms with Gasteiger partial charge in [-0.25, -0.2) is 4.98 Å². The van der Waals surface area contributed by atoms with Crippen LogP contribution in [0.2, 0.25) is 0 Å². The second kappa shape index (κ2) is 4.13. The van der Waals surface area contributed by atoms with Crippen molar-refractivity contribution >= 4 is 0 Å². The molecule has 1 aliphatic rings. The molecule has 0 amide bonds. The molecule has 0 bridgehead atoms. The quantitative estimate of drug-likeness (QED) is 0.780. The smallest absolute Gasteiger partial charge is 0.194 e. The van der Waals surface area contributed by atoms with Gasteiger partial charge in [0.25, 0.3) is 0 Å². The molecular weight excluding hydrogens is 176 g/mol. The van der Waals surface area contributed by atoms with Gasteiger partial charge in [-0.3, -0.25) is 0 Å². The first-order chi connectivity index (χ1) is 6.81. The predicted octanol–water partition coefficient (Wildman–Crippen LogP) is 2.08. The molecule has 0 radical (unpaired) electrons. The first kappa shape index (κ1) is 9.71. The molecule has 1 saturated carbocycles. The molecule has 2 N–H and O–H groups in total. The molecule has 0 aromatic carbocycles. The fourth-order valence-corrected chi connectivity index (χ4v) is 1.73. The Morgan fingerprint density at radius 1 is 1.64 bits per heavy atom. The molecule has 2 rings (SSSR count). The van der Waals surface area contributed by atoms with E-state index in [1.165, 1.54) is 12.8 Å². The Morgan fingerprint density at radius 2 is 2.43 bits per heavy atom. The van der Waals surface area contributed by atoms with Crippen LogP contribution in [0.1, 0.15) is 43.8 Å². The molecular formula is C11H18N2O. The molecule has 0 spiro atoms.